The molecule has 1 atom stereocenters. The second-order valence-corrected chi connectivity index (χ2v) is 7.40. The van der Waals surface area contributed by atoms with Gasteiger partial charge in [-0.2, -0.15) is 0 Å². The van der Waals surface area contributed by atoms with E-state index in [1.54, 1.807) is 0 Å². The number of amides is 2. The summed E-state index contributed by atoms with van der Waals surface area (Å²) in [7, 11) is 0. The highest BCUT2D eigenvalue weighted by molar-refractivity contribution is 5.95. The molecule has 1 heterocycles. The van der Waals surface area contributed by atoms with Gasteiger partial charge in [-0.25, -0.2) is 13.2 Å². The molecular formula is C19H24F3N3O2. The zero-order chi connectivity index (χ0) is 19.6. The Hall–Kier alpha value is -2.09. The number of carbonyl (C=O) groups is 2. The molecule has 1 unspecified atom stereocenters. The minimum Gasteiger partial charge on any atom is -0.333 e. The van der Waals surface area contributed by atoms with Crippen molar-refractivity contribution >= 4 is 17.5 Å². The SMILES string of the molecule is CCCN(CC(=O)Nc1ccc(F)c(F)c1F)C(=O)C1CC12CCNCC2. The molecule has 148 valence electrons. The highest BCUT2D eigenvalue weighted by atomic mass is 19.2. The van der Waals surface area contributed by atoms with E-state index in [-0.39, 0.29) is 23.8 Å². The molecule has 1 aromatic carbocycles. The van der Waals surface area contributed by atoms with E-state index in [9.17, 15) is 22.8 Å². The van der Waals surface area contributed by atoms with Crippen LogP contribution in [0, 0.1) is 28.8 Å². The van der Waals surface area contributed by atoms with E-state index in [0.717, 1.165) is 44.5 Å². The van der Waals surface area contributed by atoms with Gasteiger partial charge in [0.2, 0.25) is 11.8 Å². The number of rotatable bonds is 6. The second kappa shape index (κ2) is 7.88. The van der Waals surface area contributed by atoms with Gasteiger partial charge in [0.05, 0.1) is 12.2 Å². The van der Waals surface area contributed by atoms with Crippen molar-refractivity contribution in [3.8, 4) is 0 Å². The molecule has 2 N–H and O–H groups in total. The molecule has 1 aliphatic heterocycles. The smallest absolute Gasteiger partial charge is 0.244 e. The van der Waals surface area contributed by atoms with Crippen LogP contribution >= 0.6 is 0 Å². The monoisotopic (exact) mass is 383 g/mol. The van der Waals surface area contributed by atoms with Gasteiger partial charge in [-0.3, -0.25) is 9.59 Å². The summed E-state index contributed by atoms with van der Waals surface area (Å²) in [6, 6.07) is 1.70. The Balaban J connectivity index is 1.63. The quantitative estimate of drug-likeness (QED) is 0.743. The first-order chi connectivity index (χ1) is 12.9. The Morgan fingerprint density at radius 2 is 1.93 bits per heavy atom. The number of hydrogen-bond donors (Lipinski definition) is 2. The van der Waals surface area contributed by atoms with Crippen LogP contribution in [0.25, 0.3) is 0 Å². The zero-order valence-corrected chi connectivity index (χ0v) is 15.3. The molecule has 0 aromatic heterocycles. The predicted molar refractivity (Wildman–Crippen MR) is 94.5 cm³/mol. The van der Waals surface area contributed by atoms with Crippen molar-refractivity contribution in [1.82, 2.24) is 10.2 Å². The van der Waals surface area contributed by atoms with Crippen molar-refractivity contribution in [2.45, 2.75) is 32.6 Å². The van der Waals surface area contributed by atoms with Gasteiger partial charge in [-0.1, -0.05) is 6.92 Å². The lowest BCUT2D eigenvalue weighted by Crippen LogP contribution is -2.41. The number of nitrogens with one attached hydrogen (secondary N) is 2. The van der Waals surface area contributed by atoms with Crippen LogP contribution in [0.4, 0.5) is 18.9 Å². The molecule has 1 aromatic rings. The van der Waals surface area contributed by atoms with E-state index < -0.39 is 29.0 Å². The van der Waals surface area contributed by atoms with Gasteiger partial charge in [-0.15, -0.1) is 0 Å². The standard InChI is InChI=1S/C19H24F3N3O2/c1-2-9-25(18(27)12-10-19(12)5-7-23-8-6-19)11-15(26)24-14-4-3-13(20)16(21)17(14)22/h3-4,12,23H,2,5-11H2,1H3,(H,24,26). The lowest BCUT2D eigenvalue weighted by Gasteiger charge is -2.26. The van der Waals surface area contributed by atoms with Gasteiger partial charge >= 0.3 is 0 Å². The van der Waals surface area contributed by atoms with E-state index in [1.165, 1.54) is 4.90 Å². The van der Waals surface area contributed by atoms with Crippen LogP contribution < -0.4 is 10.6 Å². The third-order valence-electron chi connectivity index (χ3n) is 5.54. The fraction of sp³-hybridized carbons (Fsp3) is 0.579. The third kappa shape index (κ3) is 4.10. The van der Waals surface area contributed by atoms with Gasteiger partial charge < -0.3 is 15.5 Å². The van der Waals surface area contributed by atoms with Crippen LogP contribution in [-0.2, 0) is 9.59 Å². The molecule has 2 fully saturated rings. The number of halogens is 3. The summed E-state index contributed by atoms with van der Waals surface area (Å²) < 4.78 is 40.0. The summed E-state index contributed by atoms with van der Waals surface area (Å²) in [4.78, 5) is 26.6. The number of hydrogen-bond acceptors (Lipinski definition) is 3. The molecule has 1 saturated carbocycles. The van der Waals surface area contributed by atoms with Gasteiger partial charge in [-0.05, 0) is 56.3 Å². The summed E-state index contributed by atoms with van der Waals surface area (Å²) in [5.74, 6) is -5.18. The molecule has 3 rings (SSSR count). The van der Waals surface area contributed by atoms with Gasteiger partial charge in [0.1, 0.15) is 0 Å². The molecule has 5 nitrogen and oxygen atoms in total. The summed E-state index contributed by atoms with van der Waals surface area (Å²) in [5.41, 5.74) is -0.388. The topological polar surface area (TPSA) is 61.4 Å². The van der Waals surface area contributed by atoms with Crippen LogP contribution in [0.1, 0.15) is 32.6 Å². The maximum absolute atomic E-state index is 13.7. The summed E-state index contributed by atoms with van der Waals surface area (Å²) >= 11 is 0. The van der Waals surface area contributed by atoms with Gasteiger partial charge in [0, 0.05) is 12.5 Å². The first-order valence-corrected chi connectivity index (χ1v) is 9.31. The molecular weight excluding hydrogens is 359 g/mol. The Morgan fingerprint density at radius 1 is 1.22 bits per heavy atom. The molecule has 1 spiro atoms. The number of carbonyl (C=O) groups excluding carboxylic acids is 2. The van der Waals surface area contributed by atoms with Crippen molar-refractivity contribution in [2.24, 2.45) is 11.3 Å². The van der Waals surface area contributed by atoms with Crippen molar-refractivity contribution in [2.75, 3.05) is 31.5 Å². The summed E-state index contributed by atoms with van der Waals surface area (Å²) in [6.45, 7) is 3.87. The van der Waals surface area contributed by atoms with Crippen LogP contribution in [0.3, 0.4) is 0 Å². The molecule has 2 aliphatic rings. The van der Waals surface area contributed by atoms with E-state index in [2.05, 4.69) is 10.6 Å². The maximum Gasteiger partial charge on any atom is 0.244 e. The predicted octanol–water partition coefficient (Wildman–Crippen LogP) is 2.67. The molecule has 1 aliphatic carbocycles. The molecule has 27 heavy (non-hydrogen) atoms. The fourth-order valence-electron chi connectivity index (χ4n) is 3.92. The van der Waals surface area contributed by atoms with Crippen molar-refractivity contribution in [3.05, 3.63) is 29.6 Å². The lowest BCUT2D eigenvalue weighted by molar-refractivity contribution is -0.136. The average Bonchev–Trinajstić information content (AvgIpc) is 3.34. The zero-order valence-electron chi connectivity index (χ0n) is 15.3. The van der Waals surface area contributed by atoms with E-state index in [4.69, 9.17) is 0 Å². The van der Waals surface area contributed by atoms with Crippen LogP contribution in [0.5, 0.6) is 0 Å². The number of piperidine rings is 1. The minimum absolute atomic E-state index is 0.0526. The summed E-state index contributed by atoms with van der Waals surface area (Å²) in [6.07, 6.45) is 3.43. The van der Waals surface area contributed by atoms with Crippen molar-refractivity contribution in [1.29, 1.82) is 0 Å². The van der Waals surface area contributed by atoms with E-state index in [1.807, 2.05) is 6.92 Å². The molecule has 1 saturated heterocycles. The Bertz CT molecular complexity index is 735. The minimum atomic E-state index is -1.64. The normalized spacial score (nSPS) is 20.4. The average molecular weight is 383 g/mol. The number of benzene rings is 1. The molecule has 0 bridgehead atoms. The Morgan fingerprint density at radius 3 is 2.59 bits per heavy atom. The molecule has 0 radical (unpaired) electrons. The highest BCUT2D eigenvalue weighted by Gasteiger charge is 2.58. The van der Waals surface area contributed by atoms with Crippen LogP contribution in [-0.4, -0.2) is 42.9 Å². The number of anilines is 1. The van der Waals surface area contributed by atoms with E-state index >= 15 is 0 Å². The first kappa shape index (κ1) is 19.7. The Labute approximate surface area is 156 Å². The molecule has 8 heteroatoms. The van der Waals surface area contributed by atoms with Crippen LogP contribution in [0.2, 0.25) is 0 Å². The summed E-state index contributed by atoms with van der Waals surface area (Å²) in [5, 5.41) is 5.51. The van der Waals surface area contributed by atoms with Crippen molar-refractivity contribution < 1.29 is 22.8 Å². The van der Waals surface area contributed by atoms with Gasteiger partial charge in [0.25, 0.3) is 0 Å². The fourth-order valence-corrected chi connectivity index (χ4v) is 3.92. The second-order valence-electron chi connectivity index (χ2n) is 7.40. The highest BCUT2D eigenvalue weighted by Crippen LogP contribution is 2.59. The van der Waals surface area contributed by atoms with Crippen molar-refractivity contribution in [3.63, 3.8) is 0 Å². The third-order valence-corrected chi connectivity index (χ3v) is 5.54. The van der Waals surface area contributed by atoms with Crippen LogP contribution in [0.15, 0.2) is 12.1 Å². The maximum atomic E-state index is 13.7. The van der Waals surface area contributed by atoms with Gasteiger partial charge in [0.15, 0.2) is 17.5 Å². The molecule has 2 amide bonds. The first-order valence-electron chi connectivity index (χ1n) is 9.31. The Kier molecular flexibility index (Phi) is 5.74. The van der Waals surface area contributed by atoms with E-state index in [0.29, 0.717) is 13.0 Å². The largest absolute Gasteiger partial charge is 0.333 e. The number of nitrogens with zero attached hydrogens (tertiary/aromatic N) is 1. The lowest BCUT2D eigenvalue weighted by atomic mass is 9.91.